The largest absolute Gasteiger partial charge is 0.754 e. The van der Waals surface area contributed by atoms with E-state index in [9.17, 15) is 9.46 Å². The number of hydrogen-bond donors (Lipinski definition) is 1. The number of phosphoric ester groups is 1. The Morgan fingerprint density at radius 1 is 0.500 bits per heavy atom. The third-order valence-corrected chi connectivity index (χ3v) is 8.70. The van der Waals surface area contributed by atoms with Gasteiger partial charge in [0.1, 0.15) is 0 Å². The molecule has 0 aromatic rings. The highest BCUT2D eigenvalue weighted by Crippen LogP contribution is 2.36. The standard InChI is InChI=1S/C21H46N.C12H27O5P/c1-5-9-12-15-19-22(18-8-4,20-16-13-10-6-2)21-17-14-11-7-3;1-2-3-4-5-6-7-8-9-10-11-12-16-18(14,15)17-13/h5-21H2,1-4H3;13H,2-12H2,1H3,(H,14,15)/q+1;/p-1. The zero-order valence-corrected chi connectivity index (χ0v) is 28.7. The molecule has 40 heavy (non-hydrogen) atoms. The molecular weight excluding hydrogens is 521 g/mol. The molecule has 1 atom stereocenters. The van der Waals surface area contributed by atoms with Gasteiger partial charge in [-0.3, -0.25) is 4.57 Å². The number of unbranched alkanes of at least 4 members (excludes halogenated alkanes) is 18. The summed E-state index contributed by atoms with van der Waals surface area (Å²) in [7, 11) is -4.44. The molecule has 244 valence electrons. The van der Waals surface area contributed by atoms with Crippen LogP contribution in [0.4, 0.5) is 0 Å². The van der Waals surface area contributed by atoms with Gasteiger partial charge in [0, 0.05) is 0 Å². The first-order valence-corrected chi connectivity index (χ1v) is 19.0. The fourth-order valence-corrected chi connectivity index (χ4v) is 5.96. The van der Waals surface area contributed by atoms with Crippen molar-refractivity contribution in [1.29, 1.82) is 0 Å². The Balaban J connectivity index is 0. The molecule has 0 aromatic carbocycles. The fraction of sp³-hybridized carbons (Fsp3) is 1.00. The molecule has 0 bridgehead atoms. The first kappa shape index (κ1) is 42.2. The van der Waals surface area contributed by atoms with Gasteiger partial charge in [-0.15, -0.1) is 0 Å². The summed E-state index contributed by atoms with van der Waals surface area (Å²) in [4.78, 5) is 10.6. The zero-order valence-electron chi connectivity index (χ0n) is 27.8. The molecule has 6 nitrogen and oxygen atoms in total. The maximum absolute atomic E-state index is 10.6. The Morgan fingerprint density at radius 3 is 1.15 bits per heavy atom. The lowest BCUT2D eigenvalue weighted by Gasteiger charge is -2.39. The molecule has 0 radical (unpaired) electrons. The third kappa shape index (κ3) is 29.5. The number of rotatable bonds is 30. The van der Waals surface area contributed by atoms with E-state index in [4.69, 9.17) is 5.26 Å². The molecule has 0 aliphatic heterocycles. The first-order chi connectivity index (χ1) is 19.4. The van der Waals surface area contributed by atoms with E-state index in [1.807, 2.05) is 0 Å². The van der Waals surface area contributed by atoms with E-state index >= 15 is 0 Å². The average molecular weight is 594 g/mol. The lowest BCUT2D eigenvalue weighted by atomic mass is 10.1. The number of nitrogens with zero attached hydrogens (tertiary/aromatic N) is 1. The predicted octanol–water partition coefficient (Wildman–Crippen LogP) is 10.8. The van der Waals surface area contributed by atoms with Crippen LogP contribution in [0.1, 0.15) is 182 Å². The Morgan fingerprint density at radius 2 is 0.825 bits per heavy atom. The molecule has 0 spiro atoms. The normalized spacial score (nSPS) is 13.2. The first-order valence-electron chi connectivity index (χ1n) is 17.5. The molecule has 1 unspecified atom stereocenters. The van der Waals surface area contributed by atoms with Gasteiger partial charge in [0.25, 0.3) is 7.82 Å². The number of phosphoric acid groups is 1. The van der Waals surface area contributed by atoms with Crippen LogP contribution in [0.3, 0.4) is 0 Å². The Labute approximate surface area is 251 Å². The molecule has 0 aliphatic carbocycles. The maximum atomic E-state index is 10.6. The summed E-state index contributed by atoms with van der Waals surface area (Å²) in [6, 6.07) is 0. The predicted molar refractivity (Wildman–Crippen MR) is 172 cm³/mol. The van der Waals surface area contributed by atoms with Crippen molar-refractivity contribution in [2.75, 3.05) is 32.8 Å². The van der Waals surface area contributed by atoms with Crippen LogP contribution < -0.4 is 4.89 Å². The summed E-state index contributed by atoms with van der Waals surface area (Å²) in [6.45, 7) is 17.4. The van der Waals surface area contributed by atoms with Crippen LogP contribution >= 0.6 is 7.82 Å². The second-order valence-corrected chi connectivity index (χ2v) is 13.3. The molecule has 0 fully saturated rings. The minimum absolute atomic E-state index is 0.0812. The summed E-state index contributed by atoms with van der Waals surface area (Å²) < 4.78 is 19.6. The smallest absolute Gasteiger partial charge is 0.297 e. The minimum Gasteiger partial charge on any atom is -0.754 e. The van der Waals surface area contributed by atoms with Gasteiger partial charge in [-0.2, -0.15) is 4.67 Å². The van der Waals surface area contributed by atoms with E-state index in [0.717, 1.165) is 12.8 Å². The molecule has 0 aliphatic rings. The summed E-state index contributed by atoms with van der Waals surface area (Å²) in [5.74, 6) is 0. The molecule has 7 heteroatoms. The number of quaternary nitrogens is 1. The monoisotopic (exact) mass is 594 g/mol. The topological polar surface area (TPSA) is 78.8 Å². The molecule has 0 saturated carbocycles. The Hall–Kier alpha value is 0.0300. The van der Waals surface area contributed by atoms with Crippen molar-refractivity contribution in [3.63, 3.8) is 0 Å². The summed E-state index contributed by atoms with van der Waals surface area (Å²) in [6.07, 6.45) is 30.2. The fourth-order valence-electron chi connectivity index (χ4n) is 5.56. The zero-order chi connectivity index (χ0) is 30.2. The van der Waals surface area contributed by atoms with Crippen LogP contribution in [0, 0.1) is 0 Å². The van der Waals surface area contributed by atoms with Crippen LogP contribution in [0.2, 0.25) is 0 Å². The second-order valence-electron chi connectivity index (χ2n) is 12.0. The number of hydrogen-bond acceptors (Lipinski definition) is 5. The van der Waals surface area contributed by atoms with E-state index in [0.29, 0.717) is 6.42 Å². The van der Waals surface area contributed by atoms with E-state index < -0.39 is 7.82 Å². The Bertz CT molecular complexity index is 504. The molecule has 0 aromatic heterocycles. The van der Waals surface area contributed by atoms with Crippen molar-refractivity contribution >= 4 is 7.82 Å². The van der Waals surface area contributed by atoms with Crippen LogP contribution in [0.15, 0.2) is 0 Å². The van der Waals surface area contributed by atoms with Gasteiger partial charge >= 0.3 is 0 Å². The average Bonchev–Trinajstić information content (AvgIpc) is 2.95. The summed E-state index contributed by atoms with van der Waals surface area (Å²) in [5, 5.41) is 7.95. The quantitative estimate of drug-likeness (QED) is 0.0295. The third-order valence-electron chi connectivity index (χ3n) is 8.00. The lowest BCUT2D eigenvalue weighted by molar-refractivity contribution is -0.929. The van der Waals surface area contributed by atoms with E-state index in [2.05, 4.69) is 43.8 Å². The van der Waals surface area contributed by atoms with Crippen molar-refractivity contribution in [1.82, 2.24) is 0 Å². The highest BCUT2D eigenvalue weighted by molar-refractivity contribution is 7.45. The molecule has 0 rings (SSSR count). The van der Waals surface area contributed by atoms with Crippen molar-refractivity contribution in [2.24, 2.45) is 0 Å². The van der Waals surface area contributed by atoms with Crippen molar-refractivity contribution in [3.8, 4) is 0 Å². The van der Waals surface area contributed by atoms with Gasteiger partial charge in [0.15, 0.2) is 0 Å². The van der Waals surface area contributed by atoms with Gasteiger partial charge in [-0.1, -0.05) is 131 Å². The van der Waals surface area contributed by atoms with E-state index in [1.54, 1.807) is 0 Å². The van der Waals surface area contributed by atoms with Crippen LogP contribution in [-0.4, -0.2) is 42.5 Å². The van der Waals surface area contributed by atoms with Crippen molar-refractivity contribution < 1.29 is 28.4 Å². The summed E-state index contributed by atoms with van der Waals surface area (Å²) >= 11 is 0. The molecule has 1 N–H and O–H groups in total. The van der Waals surface area contributed by atoms with Crippen molar-refractivity contribution in [3.05, 3.63) is 0 Å². The van der Waals surface area contributed by atoms with Crippen LogP contribution in [0.25, 0.3) is 0 Å². The van der Waals surface area contributed by atoms with Crippen LogP contribution in [0.5, 0.6) is 0 Å². The molecular formula is C33H72NO5P. The van der Waals surface area contributed by atoms with Gasteiger partial charge < -0.3 is 13.9 Å². The van der Waals surface area contributed by atoms with E-state index in [1.165, 1.54) is 159 Å². The van der Waals surface area contributed by atoms with E-state index in [-0.39, 0.29) is 6.61 Å². The molecule has 0 saturated heterocycles. The maximum Gasteiger partial charge on any atom is 0.297 e. The van der Waals surface area contributed by atoms with Gasteiger partial charge in [0.2, 0.25) is 0 Å². The minimum atomic E-state index is -4.44. The highest BCUT2D eigenvalue weighted by atomic mass is 31.2. The van der Waals surface area contributed by atoms with Crippen LogP contribution in [-0.2, 0) is 13.8 Å². The lowest BCUT2D eigenvalue weighted by Crippen LogP contribution is -2.50. The SMILES string of the molecule is CCCCCCCCCCCCOP(=O)([O-])OO.CCCCCC[N+](CCC)(CCCCCC)CCCCCC. The molecule has 0 heterocycles. The second kappa shape index (κ2) is 32.0. The molecule has 0 amide bonds. The Kier molecular flexibility index (Phi) is 33.7. The van der Waals surface area contributed by atoms with Crippen molar-refractivity contribution in [2.45, 2.75) is 182 Å². The van der Waals surface area contributed by atoms with Gasteiger partial charge in [-0.05, 0) is 51.4 Å². The highest BCUT2D eigenvalue weighted by Gasteiger charge is 2.24. The summed E-state index contributed by atoms with van der Waals surface area (Å²) in [5.41, 5.74) is 0. The van der Waals surface area contributed by atoms with Gasteiger partial charge in [-0.25, -0.2) is 5.26 Å². The van der Waals surface area contributed by atoms with Gasteiger partial charge in [0.05, 0.1) is 32.8 Å².